The van der Waals surface area contributed by atoms with Gasteiger partial charge in [-0.3, -0.25) is 9.59 Å². The number of rotatable bonds is 9. The van der Waals surface area contributed by atoms with E-state index in [0.717, 1.165) is 0 Å². The van der Waals surface area contributed by atoms with Crippen molar-refractivity contribution in [2.45, 2.75) is 25.5 Å². The van der Waals surface area contributed by atoms with E-state index in [4.69, 9.17) is 9.84 Å². The maximum absolute atomic E-state index is 12.0. The lowest BCUT2D eigenvalue weighted by molar-refractivity contribution is -0.142. The highest BCUT2D eigenvalue weighted by Crippen LogP contribution is 2.13. The quantitative estimate of drug-likeness (QED) is 0.670. The van der Waals surface area contributed by atoms with Crippen LogP contribution < -0.4 is 10.1 Å². The van der Waals surface area contributed by atoms with E-state index in [1.165, 1.54) is 18.7 Å². The molecule has 0 saturated carbocycles. The average molecular weight is 325 g/mol. The Balaban J connectivity index is 2.58. The molecule has 2 unspecified atom stereocenters. The van der Waals surface area contributed by atoms with Gasteiger partial charge in [0.05, 0.1) is 0 Å². The molecule has 1 aromatic carbocycles. The summed E-state index contributed by atoms with van der Waals surface area (Å²) in [7, 11) is 0. The zero-order chi connectivity index (χ0) is 16.5. The summed E-state index contributed by atoms with van der Waals surface area (Å²) in [6, 6.07) is 5.38. The number of nitrogens with one attached hydrogen (secondary N) is 1. The summed E-state index contributed by atoms with van der Waals surface area (Å²) in [6.07, 6.45) is 2.10. The molecule has 1 aromatic rings. The first-order valence-electron chi connectivity index (χ1n) is 6.72. The predicted octanol–water partition coefficient (Wildman–Crippen LogP) is 1.59. The van der Waals surface area contributed by atoms with Gasteiger partial charge in [-0.2, -0.15) is 11.8 Å². The van der Waals surface area contributed by atoms with E-state index in [1.807, 2.05) is 6.26 Å². The fourth-order valence-corrected chi connectivity index (χ4v) is 2.14. The molecular weight excluding hydrogens is 306 g/mol. The first kappa shape index (κ1) is 18.0. The number of carbonyl (C=O) groups is 3. The van der Waals surface area contributed by atoms with Crippen LogP contribution in [0.2, 0.25) is 0 Å². The molecule has 0 heterocycles. The van der Waals surface area contributed by atoms with Gasteiger partial charge in [-0.1, -0.05) is 0 Å². The number of thioether (sulfide) groups is 1. The van der Waals surface area contributed by atoms with E-state index < -0.39 is 24.0 Å². The fourth-order valence-electron chi connectivity index (χ4n) is 1.66. The summed E-state index contributed by atoms with van der Waals surface area (Å²) in [4.78, 5) is 33.6. The van der Waals surface area contributed by atoms with E-state index in [0.29, 0.717) is 29.8 Å². The number of ether oxygens (including phenoxy) is 1. The Morgan fingerprint density at radius 3 is 2.50 bits per heavy atom. The Morgan fingerprint density at radius 1 is 1.36 bits per heavy atom. The molecular formula is C15H19NO5S. The minimum atomic E-state index is -1.06. The van der Waals surface area contributed by atoms with Crippen molar-refractivity contribution in [3.63, 3.8) is 0 Å². The number of amides is 1. The lowest BCUT2D eigenvalue weighted by atomic mass is 10.2. The molecule has 2 N–H and O–H groups in total. The topological polar surface area (TPSA) is 92.7 Å². The molecule has 0 aliphatic carbocycles. The number of carboxylic acids is 1. The van der Waals surface area contributed by atoms with Crippen LogP contribution in [0.25, 0.3) is 0 Å². The van der Waals surface area contributed by atoms with Gasteiger partial charge in [-0.05, 0) is 49.6 Å². The van der Waals surface area contributed by atoms with Crippen LogP contribution in [0.3, 0.4) is 0 Å². The van der Waals surface area contributed by atoms with E-state index in [1.54, 1.807) is 24.3 Å². The summed E-state index contributed by atoms with van der Waals surface area (Å²) in [5, 5.41) is 11.5. The molecule has 0 bridgehead atoms. The highest BCUT2D eigenvalue weighted by molar-refractivity contribution is 7.98. The zero-order valence-corrected chi connectivity index (χ0v) is 13.3. The lowest BCUT2D eigenvalue weighted by Crippen LogP contribution is -2.46. The van der Waals surface area contributed by atoms with E-state index in [9.17, 15) is 14.4 Å². The van der Waals surface area contributed by atoms with Gasteiger partial charge < -0.3 is 15.2 Å². The summed E-state index contributed by atoms with van der Waals surface area (Å²) in [5.41, 5.74) is 0.507. The van der Waals surface area contributed by atoms with Crippen molar-refractivity contribution in [1.29, 1.82) is 0 Å². The molecule has 0 radical (unpaired) electrons. The van der Waals surface area contributed by atoms with E-state index >= 15 is 0 Å². The molecule has 0 aliphatic rings. The Labute approximate surface area is 133 Å². The van der Waals surface area contributed by atoms with Gasteiger partial charge in [0.25, 0.3) is 5.91 Å². The van der Waals surface area contributed by atoms with Gasteiger partial charge >= 0.3 is 5.97 Å². The van der Waals surface area contributed by atoms with Gasteiger partial charge in [-0.25, -0.2) is 4.79 Å². The molecule has 6 nitrogen and oxygen atoms in total. The van der Waals surface area contributed by atoms with Crippen LogP contribution in [0.15, 0.2) is 24.3 Å². The van der Waals surface area contributed by atoms with Crippen LogP contribution in [0.5, 0.6) is 5.75 Å². The Kier molecular flexibility index (Phi) is 7.45. The second-order valence-electron chi connectivity index (χ2n) is 4.63. The van der Waals surface area contributed by atoms with Crippen LogP contribution in [-0.2, 0) is 9.59 Å². The zero-order valence-electron chi connectivity index (χ0n) is 12.4. The monoisotopic (exact) mass is 325 g/mol. The van der Waals surface area contributed by atoms with Gasteiger partial charge in [0.1, 0.15) is 18.1 Å². The smallest absolute Gasteiger partial charge is 0.326 e. The van der Waals surface area contributed by atoms with Gasteiger partial charge in [0.2, 0.25) is 0 Å². The number of carboxylic acid groups (broad SMARTS) is 1. The molecule has 120 valence electrons. The van der Waals surface area contributed by atoms with Gasteiger partial charge in [0.15, 0.2) is 6.10 Å². The second kappa shape index (κ2) is 9.09. The number of aliphatic carboxylic acids is 1. The minimum Gasteiger partial charge on any atom is -0.481 e. The van der Waals surface area contributed by atoms with Crippen molar-refractivity contribution in [3.05, 3.63) is 29.8 Å². The van der Waals surface area contributed by atoms with E-state index in [2.05, 4.69) is 5.32 Å². The van der Waals surface area contributed by atoms with Crippen LogP contribution in [-0.4, -0.2) is 47.4 Å². The summed E-state index contributed by atoms with van der Waals surface area (Å²) in [5.74, 6) is -0.484. The number of carbonyl (C=O) groups excluding carboxylic acids is 2. The maximum Gasteiger partial charge on any atom is 0.326 e. The second-order valence-corrected chi connectivity index (χ2v) is 5.61. The number of hydrogen-bond acceptors (Lipinski definition) is 5. The van der Waals surface area contributed by atoms with Gasteiger partial charge in [0, 0.05) is 5.56 Å². The molecule has 0 spiro atoms. The van der Waals surface area contributed by atoms with Crippen LogP contribution in [0.4, 0.5) is 0 Å². The highest BCUT2D eigenvalue weighted by atomic mass is 32.2. The Bertz CT molecular complexity index is 517. The molecule has 1 amide bonds. The normalized spacial score (nSPS) is 13.0. The minimum absolute atomic E-state index is 0.350. The third kappa shape index (κ3) is 5.77. The molecule has 22 heavy (non-hydrogen) atoms. The lowest BCUT2D eigenvalue weighted by Gasteiger charge is -2.18. The largest absolute Gasteiger partial charge is 0.481 e. The maximum atomic E-state index is 12.0. The average Bonchev–Trinajstić information content (AvgIpc) is 2.51. The molecule has 1 rings (SSSR count). The number of aldehydes is 1. The van der Waals surface area contributed by atoms with Crippen molar-refractivity contribution in [2.24, 2.45) is 0 Å². The van der Waals surface area contributed by atoms with Crippen LogP contribution in [0.1, 0.15) is 23.7 Å². The molecule has 2 atom stereocenters. The number of benzene rings is 1. The van der Waals surface area contributed by atoms with Crippen LogP contribution in [0, 0.1) is 0 Å². The predicted molar refractivity (Wildman–Crippen MR) is 84.5 cm³/mol. The highest BCUT2D eigenvalue weighted by Gasteiger charge is 2.23. The summed E-state index contributed by atoms with van der Waals surface area (Å²) >= 11 is 1.51. The van der Waals surface area contributed by atoms with Crippen molar-refractivity contribution in [3.8, 4) is 5.75 Å². The van der Waals surface area contributed by atoms with E-state index in [-0.39, 0.29) is 0 Å². The standard InChI is InChI=1S/C15H19NO5S/c1-10(21-12-5-3-11(9-17)4-6-12)14(18)16-13(15(19)20)7-8-22-2/h3-6,9-10,13H,7-8H2,1-2H3,(H,16,18)(H,19,20). The van der Waals surface area contributed by atoms with Crippen molar-refractivity contribution >= 4 is 29.9 Å². The first-order chi connectivity index (χ1) is 10.5. The molecule has 0 aliphatic heterocycles. The molecule has 0 aromatic heterocycles. The van der Waals surface area contributed by atoms with Crippen molar-refractivity contribution in [1.82, 2.24) is 5.32 Å². The van der Waals surface area contributed by atoms with Crippen LogP contribution >= 0.6 is 11.8 Å². The SMILES string of the molecule is CSCCC(NC(=O)C(C)Oc1ccc(C=O)cc1)C(=O)O. The summed E-state index contributed by atoms with van der Waals surface area (Å²) in [6.45, 7) is 1.54. The summed E-state index contributed by atoms with van der Waals surface area (Å²) < 4.78 is 5.43. The van der Waals surface area contributed by atoms with Crippen molar-refractivity contribution in [2.75, 3.05) is 12.0 Å². The first-order valence-corrected chi connectivity index (χ1v) is 8.11. The molecule has 0 saturated heterocycles. The third-order valence-electron chi connectivity index (χ3n) is 2.92. The fraction of sp³-hybridized carbons (Fsp3) is 0.400. The van der Waals surface area contributed by atoms with Crippen molar-refractivity contribution < 1.29 is 24.2 Å². The van der Waals surface area contributed by atoms with Gasteiger partial charge in [-0.15, -0.1) is 0 Å². The molecule has 7 heteroatoms. The molecule has 0 fully saturated rings. The Morgan fingerprint density at radius 2 is 2.00 bits per heavy atom. The number of hydrogen-bond donors (Lipinski definition) is 2. The Hall–Kier alpha value is -2.02. The third-order valence-corrected chi connectivity index (χ3v) is 3.57.